The van der Waals surface area contributed by atoms with Crippen LogP contribution in [0, 0.1) is 0 Å². The van der Waals surface area contributed by atoms with Gasteiger partial charge in [-0.05, 0) is 212 Å². The van der Waals surface area contributed by atoms with Crippen LogP contribution in [0.25, 0.3) is 11.1 Å². The van der Waals surface area contributed by atoms with Crippen LogP contribution < -0.4 is 18.9 Å². The molecule has 88 heavy (non-hydrogen) atoms. The molecule has 478 valence electrons. The maximum Gasteiger partial charge on any atom is 0.343 e. The molecule has 4 aromatic carbocycles. The first-order valence-corrected chi connectivity index (χ1v) is 31.0. The fourth-order valence-corrected chi connectivity index (χ4v) is 8.52. The molecule has 0 aromatic heterocycles. The summed E-state index contributed by atoms with van der Waals surface area (Å²) in [6.45, 7) is 6.31. The summed E-state index contributed by atoms with van der Waals surface area (Å²) < 4.78 is 54.0. The second kappa shape index (κ2) is 45.9. The van der Waals surface area contributed by atoms with E-state index in [0.717, 1.165) is 94.3 Å². The van der Waals surface area contributed by atoms with E-state index in [2.05, 4.69) is 6.58 Å². The van der Waals surface area contributed by atoms with Crippen molar-refractivity contribution in [2.45, 2.75) is 167 Å². The van der Waals surface area contributed by atoms with Gasteiger partial charge in [-0.25, -0.2) is 14.4 Å². The standard InChI is InChI=1S/C69H88O19/c1-2-62(71)81-48-17-5-3-15-46-79-58-37-33-56(34-38-58)68(77)87-60-41-29-54(30-42-60)55-31-43-61(44-32-55)88-69(78)57-35-39-59(40-36-57)80-47-16-4-6-18-49-82-63(72)24-11-7-19-50-83-64(73)25-12-8-20-51-84-65(74)26-13-9-21-52-85-66(75)27-14-10-22-53-86-67(76)28-23-45-70/h2,29-45H,1,3-28,46-53H2. The molecule has 0 aliphatic carbocycles. The Labute approximate surface area is 517 Å². The van der Waals surface area contributed by atoms with Gasteiger partial charge in [-0.15, -0.1) is 0 Å². The largest absolute Gasteiger partial charge is 0.494 e. The van der Waals surface area contributed by atoms with E-state index in [1.807, 2.05) is 24.3 Å². The first kappa shape index (κ1) is 72.1. The van der Waals surface area contributed by atoms with Gasteiger partial charge in [-0.3, -0.25) is 24.0 Å². The van der Waals surface area contributed by atoms with Crippen molar-refractivity contribution in [2.75, 3.05) is 52.9 Å². The fraction of sp³-hybridized carbons (Fsp3) is 0.493. The van der Waals surface area contributed by atoms with Gasteiger partial charge in [-0.1, -0.05) is 30.8 Å². The highest BCUT2D eigenvalue weighted by Gasteiger charge is 2.14. The Morgan fingerprint density at radius 2 is 0.580 bits per heavy atom. The van der Waals surface area contributed by atoms with Gasteiger partial charge >= 0.3 is 47.8 Å². The summed E-state index contributed by atoms with van der Waals surface area (Å²) in [5, 5.41) is 0. The van der Waals surface area contributed by atoms with Crippen molar-refractivity contribution in [2.24, 2.45) is 0 Å². The summed E-state index contributed by atoms with van der Waals surface area (Å²) >= 11 is 0. The zero-order valence-corrected chi connectivity index (χ0v) is 50.9. The molecule has 0 aliphatic rings. The van der Waals surface area contributed by atoms with E-state index in [1.54, 1.807) is 72.8 Å². The molecule has 0 fully saturated rings. The van der Waals surface area contributed by atoms with E-state index in [4.69, 9.17) is 47.4 Å². The third kappa shape index (κ3) is 34.1. The lowest BCUT2D eigenvalue weighted by Gasteiger charge is -2.09. The van der Waals surface area contributed by atoms with Crippen molar-refractivity contribution in [1.82, 2.24) is 0 Å². The molecule has 4 rings (SSSR count). The lowest BCUT2D eigenvalue weighted by atomic mass is 10.1. The number of benzene rings is 4. The molecule has 0 heterocycles. The van der Waals surface area contributed by atoms with E-state index in [9.17, 15) is 43.2 Å². The summed E-state index contributed by atoms with van der Waals surface area (Å²) in [5.41, 5.74) is 2.53. The van der Waals surface area contributed by atoms with Crippen LogP contribution in [0.2, 0.25) is 0 Å². The van der Waals surface area contributed by atoms with Crippen LogP contribution in [-0.2, 0) is 62.0 Å². The first-order valence-electron chi connectivity index (χ1n) is 31.0. The summed E-state index contributed by atoms with van der Waals surface area (Å²) in [6.07, 6.45) is 18.2. The van der Waals surface area contributed by atoms with E-state index < -0.39 is 23.9 Å². The van der Waals surface area contributed by atoms with Crippen LogP contribution in [-0.4, -0.2) is 107 Å². The molecule has 0 bridgehead atoms. The summed E-state index contributed by atoms with van der Waals surface area (Å²) in [7, 11) is 0. The average molecular weight is 1220 g/mol. The van der Waals surface area contributed by atoms with Crippen molar-refractivity contribution in [3.8, 4) is 34.1 Å². The normalized spacial score (nSPS) is 10.7. The van der Waals surface area contributed by atoms with Gasteiger partial charge in [0, 0.05) is 38.2 Å². The molecule has 0 aliphatic heterocycles. The Kier molecular flexibility index (Phi) is 37.6. The first-order chi connectivity index (χ1) is 42.9. The highest BCUT2D eigenvalue weighted by Crippen LogP contribution is 2.26. The number of aldehydes is 1. The topological polar surface area (TPSA) is 246 Å². The number of hydrogen-bond donors (Lipinski definition) is 0. The van der Waals surface area contributed by atoms with Crippen molar-refractivity contribution in [1.29, 1.82) is 0 Å². The van der Waals surface area contributed by atoms with Crippen molar-refractivity contribution in [3.63, 3.8) is 0 Å². The molecule has 0 spiro atoms. The van der Waals surface area contributed by atoms with Gasteiger partial charge in [-0.2, -0.15) is 0 Å². The fourth-order valence-electron chi connectivity index (χ4n) is 8.52. The van der Waals surface area contributed by atoms with Gasteiger partial charge in [0.25, 0.3) is 0 Å². The maximum atomic E-state index is 12.9. The number of carbonyl (C=O) groups is 9. The zero-order valence-electron chi connectivity index (χ0n) is 50.9. The number of ether oxygens (including phenoxy) is 10. The molecule has 0 saturated carbocycles. The van der Waals surface area contributed by atoms with E-state index in [1.165, 1.54) is 0 Å². The van der Waals surface area contributed by atoms with Gasteiger partial charge < -0.3 is 52.2 Å². The second-order valence-corrected chi connectivity index (χ2v) is 20.8. The van der Waals surface area contributed by atoms with Gasteiger partial charge in [0.2, 0.25) is 0 Å². The highest BCUT2D eigenvalue weighted by atomic mass is 16.6. The lowest BCUT2D eigenvalue weighted by molar-refractivity contribution is -0.145. The molecule has 19 heteroatoms. The molecule has 19 nitrogen and oxygen atoms in total. The Bertz CT molecular complexity index is 2680. The molecule has 4 aromatic rings. The predicted molar refractivity (Wildman–Crippen MR) is 328 cm³/mol. The van der Waals surface area contributed by atoms with Crippen LogP contribution >= 0.6 is 0 Å². The summed E-state index contributed by atoms with van der Waals surface area (Å²) in [4.78, 5) is 107. The Balaban J connectivity index is 0.908. The molecule has 0 amide bonds. The van der Waals surface area contributed by atoms with Crippen LogP contribution in [0.4, 0.5) is 0 Å². The maximum absolute atomic E-state index is 12.9. The molecular weight excluding hydrogens is 1130 g/mol. The van der Waals surface area contributed by atoms with E-state index in [0.29, 0.717) is 164 Å². The smallest absolute Gasteiger partial charge is 0.343 e. The SMILES string of the molecule is C=CC(=O)OCCCCCCOc1ccc(C(=O)Oc2ccc(-c3ccc(OC(=O)c4ccc(OCCCCCCOC(=O)CCCCCOC(=O)CCCCCOC(=O)CCCCCOC(=O)CCCCCOC(=O)CCC=O)cc4)cc3)cc2)cc1. The number of rotatable bonds is 49. The van der Waals surface area contributed by atoms with Crippen LogP contribution in [0.15, 0.2) is 110 Å². The number of unbranched alkanes of at least 4 members (excludes halogenated alkanes) is 14. The van der Waals surface area contributed by atoms with Crippen LogP contribution in [0.5, 0.6) is 23.0 Å². The molecule has 0 atom stereocenters. The molecule has 0 radical (unpaired) electrons. The average Bonchev–Trinajstić information content (AvgIpc) is 3.64. The number of esters is 8. The van der Waals surface area contributed by atoms with E-state index >= 15 is 0 Å². The van der Waals surface area contributed by atoms with Gasteiger partial charge in [0.1, 0.15) is 29.3 Å². The zero-order chi connectivity index (χ0) is 63.1. The molecule has 0 unspecified atom stereocenters. The van der Waals surface area contributed by atoms with Crippen LogP contribution in [0.3, 0.4) is 0 Å². The number of hydrogen-bond acceptors (Lipinski definition) is 19. The Morgan fingerprint density at radius 1 is 0.307 bits per heavy atom. The van der Waals surface area contributed by atoms with Gasteiger partial charge in [0.05, 0.1) is 70.4 Å². The minimum atomic E-state index is -0.502. The summed E-state index contributed by atoms with van der Waals surface area (Å²) in [5.74, 6) is -0.787. The quantitative estimate of drug-likeness (QED) is 0.00995. The van der Waals surface area contributed by atoms with Crippen molar-refractivity contribution in [3.05, 3.63) is 121 Å². The second-order valence-electron chi connectivity index (χ2n) is 20.8. The molecule has 0 N–H and O–H groups in total. The van der Waals surface area contributed by atoms with Crippen molar-refractivity contribution < 1.29 is 90.5 Å². The van der Waals surface area contributed by atoms with Gasteiger partial charge in [0.15, 0.2) is 0 Å². The minimum Gasteiger partial charge on any atom is -0.494 e. The minimum absolute atomic E-state index is 0.0859. The lowest BCUT2D eigenvalue weighted by Crippen LogP contribution is -2.08. The van der Waals surface area contributed by atoms with Crippen molar-refractivity contribution >= 4 is 54.0 Å². The van der Waals surface area contributed by atoms with E-state index in [-0.39, 0.29) is 43.3 Å². The predicted octanol–water partition coefficient (Wildman–Crippen LogP) is 13.3. The third-order valence-corrected chi connectivity index (χ3v) is 13.6. The number of carbonyl (C=O) groups excluding carboxylic acids is 9. The Morgan fingerprint density at radius 3 is 0.886 bits per heavy atom. The monoisotopic (exact) mass is 1220 g/mol. The highest BCUT2D eigenvalue weighted by molar-refractivity contribution is 5.92. The molecule has 0 saturated heterocycles. The van der Waals surface area contributed by atoms with Crippen LogP contribution in [0.1, 0.15) is 188 Å². The Hall–Kier alpha value is -8.35. The third-order valence-electron chi connectivity index (χ3n) is 13.6. The summed E-state index contributed by atoms with van der Waals surface area (Å²) in [6, 6.07) is 27.8. The molecular formula is C69H88O19.